The van der Waals surface area contributed by atoms with Crippen molar-refractivity contribution in [1.82, 2.24) is 4.72 Å². The predicted molar refractivity (Wildman–Crippen MR) is 97.7 cm³/mol. The summed E-state index contributed by atoms with van der Waals surface area (Å²) in [4.78, 5) is 34.4. The van der Waals surface area contributed by atoms with Crippen molar-refractivity contribution in [2.45, 2.75) is 11.8 Å². The van der Waals surface area contributed by atoms with Gasteiger partial charge in [-0.2, -0.15) is 4.72 Å². The molecule has 0 radical (unpaired) electrons. The lowest BCUT2D eigenvalue weighted by atomic mass is 10.2. The van der Waals surface area contributed by atoms with E-state index < -0.39 is 35.1 Å². The van der Waals surface area contributed by atoms with Crippen LogP contribution < -0.4 is 10.0 Å². The summed E-state index contributed by atoms with van der Waals surface area (Å²) in [5.74, 6) is -1.64. The van der Waals surface area contributed by atoms with Crippen LogP contribution in [0.4, 0.5) is 5.69 Å². The van der Waals surface area contributed by atoms with E-state index in [0.29, 0.717) is 11.3 Å². The number of carbonyl (C=O) groups is 3. The molecule has 0 aliphatic rings. The summed E-state index contributed by atoms with van der Waals surface area (Å²) in [6.07, 6.45) is 0. The van der Waals surface area contributed by atoms with Gasteiger partial charge in [-0.25, -0.2) is 8.42 Å². The van der Waals surface area contributed by atoms with E-state index in [9.17, 15) is 22.8 Å². The van der Waals surface area contributed by atoms with Crippen LogP contribution in [0, 0.1) is 0 Å². The van der Waals surface area contributed by atoms with Crippen molar-refractivity contribution >= 4 is 33.4 Å². The van der Waals surface area contributed by atoms with Gasteiger partial charge < -0.3 is 10.1 Å². The average Bonchev–Trinajstić information content (AvgIpc) is 2.65. The molecule has 0 unspecified atom stereocenters. The van der Waals surface area contributed by atoms with E-state index in [2.05, 4.69) is 10.0 Å². The first-order chi connectivity index (χ1) is 12.8. The fourth-order valence-corrected chi connectivity index (χ4v) is 2.99. The second-order valence-corrected chi connectivity index (χ2v) is 7.25. The van der Waals surface area contributed by atoms with Crippen LogP contribution in [0.15, 0.2) is 59.5 Å². The summed E-state index contributed by atoms with van der Waals surface area (Å²) >= 11 is 0. The highest BCUT2D eigenvalue weighted by Gasteiger charge is 2.17. The van der Waals surface area contributed by atoms with Crippen LogP contribution in [0.5, 0.6) is 0 Å². The molecule has 27 heavy (non-hydrogen) atoms. The molecular weight excluding hydrogens is 372 g/mol. The van der Waals surface area contributed by atoms with Gasteiger partial charge in [-0.3, -0.25) is 14.4 Å². The van der Waals surface area contributed by atoms with Gasteiger partial charge in [0, 0.05) is 11.3 Å². The maximum absolute atomic E-state index is 12.1. The molecule has 2 N–H and O–H groups in total. The summed E-state index contributed by atoms with van der Waals surface area (Å²) in [7, 11) is -3.95. The third-order valence-electron chi connectivity index (χ3n) is 3.40. The van der Waals surface area contributed by atoms with Crippen LogP contribution in [-0.2, 0) is 24.3 Å². The summed E-state index contributed by atoms with van der Waals surface area (Å²) in [6.45, 7) is 0.198. The number of amides is 1. The van der Waals surface area contributed by atoms with Gasteiger partial charge in [0.1, 0.15) is 6.54 Å². The van der Waals surface area contributed by atoms with E-state index in [1.165, 1.54) is 31.2 Å². The number of esters is 1. The van der Waals surface area contributed by atoms with E-state index in [-0.39, 0.29) is 10.7 Å². The predicted octanol–water partition coefficient (Wildman–Crippen LogP) is 1.35. The third-order valence-corrected chi connectivity index (χ3v) is 4.82. The highest BCUT2D eigenvalue weighted by Crippen LogP contribution is 2.11. The zero-order valence-corrected chi connectivity index (χ0v) is 15.3. The van der Waals surface area contributed by atoms with Crippen molar-refractivity contribution in [3.63, 3.8) is 0 Å². The number of sulfonamides is 1. The third kappa shape index (κ3) is 6.32. The minimum Gasteiger partial charge on any atom is -0.455 e. The molecule has 0 aromatic heterocycles. The number of ether oxygens (including phenoxy) is 1. The Bertz CT molecular complexity index is 924. The summed E-state index contributed by atoms with van der Waals surface area (Å²) in [6, 6.07) is 13.9. The minimum atomic E-state index is -3.95. The number of anilines is 1. The SMILES string of the molecule is CC(=O)c1ccc(S(=O)(=O)NCC(=O)OCC(=O)Nc2ccccc2)cc1. The Morgan fingerprint density at radius 3 is 2.19 bits per heavy atom. The van der Waals surface area contributed by atoms with Gasteiger partial charge in [-0.15, -0.1) is 0 Å². The van der Waals surface area contributed by atoms with Crippen molar-refractivity contribution in [2.24, 2.45) is 0 Å². The molecule has 0 heterocycles. The monoisotopic (exact) mass is 390 g/mol. The molecule has 0 fully saturated rings. The second kappa shape index (κ2) is 9.06. The first-order valence-corrected chi connectivity index (χ1v) is 9.37. The van der Waals surface area contributed by atoms with Crippen molar-refractivity contribution in [1.29, 1.82) is 0 Å². The molecule has 0 bridgehead atoms. The summed E-state index contributed by atoms with van der Waals surface area (Å²) in [5.41, 5.74) is 0.922. The fraction of sp³-hybridized carbons (Fsp3) is 0.167. The van der Waals surface area contributed by atoms with E-state index in [0.717, 1.165) is 0 Å². The molecule has 2 aromatic rings. The van der Waals surface area contributed by atoms with Crippen LogP contribution in [0.1, 0.15) is 17.3 Å². The Balaban J connectivity index is 1.81. The van der Waals surface area contributed by atoms with Crippen LogP contribution in [0.3, 0.4) is 0 Å². The van der Waals surface area contributed by atoms with Crippen molar-refractivity contribution < 1.29 is 27.5 Å². The highest BCUT2D eigenvalue weighted by atomic mass is 32.2. The van der Waals surface area contributed by atoms with Gasteiger partial charge in [0.25, 0.3) is 5.91 Å². The number of Topliss-reactive ketones (excluding diaryl/α,β-unsaturated/α-hetero) is 1. The molecule has 0 aliphatic heterocycles. The quantitative estimate of drug-likeness (QED) is 0.519. The zero-order valence-electron chi connectivity index (χ0n) is 14.5. The number of nitrogens with one attached hydrogen (secondary N) is 2. The lowest BCUT2D eigenvalue weighted by Gasteiger charge is -2.08. The van der Waals surface area contributed by atoms with Gasteiger partial charge in [-0.05, 0) is 31.2 Å². The largest absolute Gasteiger partial charge is 0.455 e. The standard InChI is InChI=1S/C18H18N2O6S/c1-13(21)14-7-9-16(10-8-14)27(24,25)19-11-18(23)26-12-17(22)20-15-5-3-2-4-6-15/h2-10,19H,11-12H2,1H3,(H,20,22). The molecule has 0 atom stereocenters. The van der Waals surface area contributed by atoms with Gasteiger partial charge in [0.05, 0.1) is 4.90 Å². The second-order valence-electron chi connectivity index (χ2n) is 5.48. The number of hydrogen-bond acceptors (Lipinski definition) is 6. The molecule has 142 valence electrons. The summed E-state index contributed by atoms with van der Waals surface area (Å²) in [5, 5.41) is 2.53. The highest BCUT2D eigenvalue weighted by molar-refractivity contribution is 7.89. The van der Waals surface area contributed by atoms with Gasteiger partial charge in [0.2, 0.25) is 10.0 Å². The fourth-order valence-electron chi connectivity index (χ4n) is 2.02. The smallest absolute Gasteiger partial charge is 0.321 e. The lowest BCUT2D eigenvalue weighted by molar-refractivity contribution is -0.146. The molecular formula is C18H18N2O6S. The van der Waals surface area contributed by atoms with E-state index in [4.69, 9.17) is 4.74 Å². The molecule has 9 heteroatoms. The number of para-hydroxylation sites is 1. The van der Waals surface area contributed by atoms with Crippen LogP contribution >= 0.6 is 0 Å². The maximum atomic E-state index is 12.1. The number of carbonyl (C=O) groups excluding carboxylic acids is 3. The molecule has 0 aliphatic carbocycles. The Hall–Kier alpha value is -3.04. The summed E-state index contributed by atoms with van der Waals surface area (Å²) < 4.78 is 31.0. The van der Waals surface area contributed by atoms with E-state index >= 15 is 0 Å². The zero-order chi connectivity index (χ0) is 19.9. The Morgan fingerprint density at radius 1 is 0.963 bits per heavy atom. The van der Waals surface area contributed by atoms with Crippen LogP contribution in [-0.4, -0.2) is 39.2 Å². The number of benzene rings is 2. The molecule has 2 rings (SSSR count). The molecule has 1 amide bonds. The molecule has 0 spiro atoms. The normalized spacial score (nSPS) is 10.9. The molecule has 2 aromatic carbocycles. The van der Waals surface area contributed by atoms with Crippen LogP contribution in [0.2, 0.25) is 0 Å². The van der Waals surface area contributed by atoms with Gasteiger partial charge in [0.15, 0.2) is 12.4 Å². The number of hydrogen-bond donors (Lipinski definition) is 2. The Labute approximate surface area is 156 Å². The molecule has 8 nitrogen and oxygen atoms in total. The first-order valence-electron chi connectivity index (χ1n) is 7.89. The van der Waals surface area contributed by atoms with Crippen LogP contribution in [0.25, 0.3) is 0 Å². The van der Waals surface area contributed by atoms with Crippen molar-refractivity contribution in [3.8, 4) is 0 Å². The molecule has 0 saturated heterocycles. The Kier molecular flexibility index (Phi) is 6.80. The average molecular weight is 390 g/mol. The maximum Gasteiger partial charge on any atom is 0.321 e. The van der Waals surface area contributed by atoms with E-state index in [1.54, 1.807) is 30.3 Å². The van der Waals surface area contributed by atoms with Crippen molar-refractivity contribution in [2.75, 3.05) is 18.5 Å². The number of ketones is 1. The van der Waals surface area contributed by atoms with Gasteiger partial charge >= 0.3 is 5.97 Å². The molecule has 0 saturated carbocycles. The first kappa shape index (κ1) is 20.3. The van der Waals surface area contributed by atoms with E-state index in [1.807, 2.05) is 0 Å². The minimum absolute atomic E-state index is 0.0953. The topological polar surface area (TPSA) is 119 Å². The number of rotatable bonds is 8. The lowest BCUT2D eigenvalue weighted by Crippen LogP contribution is -2.32. The van der Waals surface area contributed by atoms with Crippen molar-refractivity contribution in [3.05, 3.63) is 60.2 Å². The Morgan fingerprint density at radius 2 is 1.59 bits per heavy atom. The van der Waals surface area contributed by atoms with Gasteiger partial charge in [-0.1, -0.05) is 30.3 Å².